The Morgan fingerprint density at radius 2 is 2.04 bits per heavy atom. The van der Waals surface area contributed by atoms with E-state index in [1.165, 1.54) is 6.92 Å². The molecule has 2 aromatic rings. The van der Waals surface area contributed by atoms with Gasteiger partial charge >= 0.3 is 6.01 Å². The van der Waals surface area contributed by atoms with Crippen LogP contribution >= 0.6 is 0 Å². The topological polar surface area (TPSA) is 122 Å². The summed E-state index contributed by atoms with van der Waals surface area (Å²) in [6.45, 7) is 3.34. The first-order valence-corrected chi connectivity index (χ1v) is 7.17. The Bertz CT molecular complexity index is 641. The number of hydrogen-bond acceptors (Lipinski definition) is 6. The molecule has 0 radical (unpaired) electrons. The number of ether oxygens (including phenoxy) is 1. The van der Waals surface area contributed by atoms with Crippen LogP contribution in [0, 0.1) is 0 Å². The van der Waals surface area contributed by atoms with Crippen molar-refractivity contribution in [1.82, 2.24) is 25.9 Å². The van der Waals surface area contributed by atoms with Gasteiger partial charge < -0.3 is 15.4 Å². The van der Waals surface area contributed by atoms with Crippen molar-refractivity contribution in [2.75, 3.05) is 5.32 Å². The van der Waals surface area contributed by atoms with Crippen molar-refractivity contribution < 1.29 is 14.3 Å². The third-order valence-electron chi connectivity index (χ3n) is 2.93. The Morgan fingerprint density at radius 3 is 2.61 bits per heavy atom. The molecule has 0 aliphatic carbocycles. The van der Waals surface area contributed by atoms with Crippen LogP contribution in [0.3, 0.4) is 0 Å². The van der Waals surface area contributed by atoms with Gasteiger partial charge in [-0.3, -0.25) is 9.59 Å². The number of aromatic amines is 1. The van der Waals surface area contributed by atoms with Crippen molar-refractivity contribution in [2.45, 2.75) is 32.7 Å². The van der Waals surface area contributed by atoms with Crippen LogP contribution in [0.25, 0.3) is 0 Å². The number of carbonyl (C=O) groups excluding carboxylic acids is 2. The molecule has 0 fully saturated rings. The van der Waals surface area contributed by atoms with E-state index in [1.807, 2.05) is 6.92 Å². The number of nitrogens with zero attached hydrogens (tertiary/aromatic N) is 3. The molecule has 2 amide bonds. The van der Waals surface area contributed by atoms with Crippen LogP contribution in [-0.2, 0) is 9.59 Å². The molecule has 1 aromatic carbocycles. The summed E-state index contributed by atoms with van der Waals surface area (Å²) in [5.41, 5.74) is 0.599. The first-order valence-electron chi connectivity index (χ1n) is 7.17. The second-order valence-corrected chi connectivity index (χ2v) is 4.85. The summed E-state index contributed by atoms with van der Waals surface area (Å²) in [6, 6.07) is 6.26. The minimum atomic E-state index is -0.548. The molecule has 0 aliphatic rings. The zero-order valence-corrected chi connectivity index (χ0v) is 12.9. The van der Waals surface area contributed by atoms with Crippen LogP contribution in [0.5, 0.6) is 11.8 Å². The van der Waals surface area contributed by atoms with Crippen LogP contribution in [0.15, 0.2) is 24.3 Å². The molecule has 1 atom stereocenters. The molecule has 0 aliphatic heterocycles. The van der Waals surface area contributed by atoms with E-state index in [9.17, 15) is 9.59 Å². The second kappa shape index (κ2) is 7.87. The molecule has 0 saturated heterocycles. The number of hydrogen-bond donors (Lipinski definition) is 3. The number of anilines is 1. The van der Waals surface area contributed by atoms with E-state index in [0.29, 0.717) is 17.9 Å². The first-order chi connectivity index (χ1) is 11.1. The summed E-state index contributed by atoms with van der Waals surface area (Å²) in [6.07, 6.45) is 1.36. The number of aromatic nitrogens is 4. The maximum atomic E-state index is 12.2. The van der Waals surface area contributed by atoms with Crippen molar-refractivity contribution in [3.63, 3.8) is 0 Å². The van der Waals surface area contributed by atoms with E-state index < -0.39 is 6.04 Å². The molecule has 1 unspecified atom stereocenters. The van der Waals surface area contributed by atoms with Gasteiger partial charge in [0.15, 0.2) is 0 Å². The van der Waals surface area contributed by atoms with E-state index in [2.05, 4.69) is 31.3 Å². The maximum absolute atomic E-state index is 12.2. The van der Waals surface area contributed by atoms with Crippen LogP contribution in [-0.4, -0.2) is 38.5 Å². The van der Waals surface area contributed by atoms with Gasteiger partial charge in [0.25, 0.3) is 0 Å². The van der Waals surface area contributed by atoms with Crippen LogP contribution < -0.4 is 15.4 Å². The van der Waals surface area contributed by atoms with Crippen LogP contribution in [0.2, 0.25) is 0 Å². The Hall–Kier alpha value is -2.97. The van der Waals surface area contributed by atoms with Gasteiger partial charge in [-0.05, 0) is 35.9 Å². The van der Waals surface area contributed by atoms with E-state index in [1.54, 1.807) is 24.3 Å². The normalized spacial score (nSPS) is 11.6. The summed E-state index contributed by atoms with van der Waals surface area (Å²) in [5, 5.41) is 18.4. The number of carbonyl (C=O) groups is 2. The van der Waals surface area contributed by atoms with Gasteiger partial charge in [0.1, 0.15) is 11.8 Å². The van der Waals surface area contributed by atoms with Crippen LogP contribution in [0.4, 0.5) is 5.69 Å². The van der Waals surface area contributed by atoms with E-state index in [0.717, 1.165) is 6.42 Å². The van der Waals surface area contributed by atoms with Gasteiger partial charge in [-0.2, -0.15) is 5.21 Å². The van der Waals surface area contributed by atoms with Gasteiger partial charge in [0.2, 0.25) is 11.8 Å². The minimum Gasteiger partial charge on any atom is -0.422 e. The lowest BCUT2D eigenvalue weighted by atomic mass is 10.1. The van der Waals surface area contributed by atoms with Gasteiger partial charge in [0.05, 0.1) is 0 Å². The Labute approximate surface area is 132 Å². The van der Waals surface area contributed by atoms with Crippen LogP contribution in [0.1, 0.15) is 26.7 Å². The predicted octanol–water partition coefficient (Wildman–Crippen LogP) is 1.24. The lowest BCUT2D eigenvalue weighted by molar-refractivity contribution is -0.125. The maximum Gasteiger partial charge on any atom is 0.361 e. The summed E-state index contributed by atoms with van der Waals surface area (Å²) >= 11 is 0. The molecule has 9 heteroatoms. The number of H-pyrrole nitrogens is 1. The predicted molar refractivity (Wildman–Crippen MR) is 81.8 cm³/mol. The van der Waals surface area contributed by atoms with Crippen molar-refractivity contribution in [3.8, 4) is 11.8 Å². The third-order valence-corrected chi connectivity index (χ3v) is 2.93. The molecular formula is C14H18N6O3. The molecule has 122 valence electrons. The molecule has 3 N–H and O–H groups in total. The van der Waals surface area contributed by atoms with Gasteiger partial charge in [-0.1, -0.05) is 23.5 Å². The molecule has 0 spiro atoms. The number of tetrazole rings is 1. The van der Waals surface area contributed by atoms with Crippen molar-refractivity contribution in [3.05, 3.63) is 24.3 Å². The molecule has 1 aromatic heterocycles. The zero-order valence-electron chi connectivity index (χ0n) is 12.9. The molecule has 23 heavy (non-hydrogen) atoms. The average molecular weight is 318 g/mol. The van der Waals surface area contributed by atoms with Gasteiger partial charge in [-0.15, -0.1) is 0 Å². The van der Waals surface area contributed by atoms with E-state index in [-0.39, 0.29) is 17.8 Å². The molecule has 9 nitrogen and oxygen atoms in total. The molecule has 1 heterocycles. The standard InChI is InChI=1S/C14H18N6O3/c1-3-4-12(15-9(2)21)13(22)16-10-5-7-11(8-6-10)23-14-17-19-20-18-14/h5-8,12H,3-4H2,1-2H3,(H,15,21)(H,16,22)(H,17,18,19,20). The highest BCUT2D eigenvalue weighted by Crippen LogP contribution is 2.19. The number of rotatable bonds is 7. The zero-order chi connectivity index (χ0) is 16.7. The van der Waals surface area contributed by atoms with Crippen molar-refractivity contribution >= 4 is 17.5 Å². The SMILES string of the molecule is CCCC(NC(C)=O)C(=O)Nc1ccc(Oc2nn[nH]n2)cc1. The molecule has 2 rings (SSSR count). The number of nitrogens with one attached hydrogen (secondary N) is 3. The van der Waals surface area contributed by atoms with E-state index >= 15 is 0 Å². The Kier molecular flexibility index (Phi) is 5.61. The van der Waals surface area contributed by atoms with Gasteiger partial charge in [0, 0.05) is 12.6 Å². The fourth-order valence-electron chi connectivity index (χ4n) is 1.94. The smallest absolute Gasteiger partial charge is 0.361 e. The quantitative estimate of drug-likeness (QED) is 0.706. The Balaban J connectivity index is 1.96. The fraction of sp³-hybridized carbons (Fsp3) is 0.357. The van der Waals surface area contributed by atoms with E-state index in [4.69, 9.17) is 4.74 Å². The molecule has 0 saturated carbocycles. The third kappa shape index (κ3) is 5.06. The van der Waals surface area contributed by atoms with Gasteiger partial charge in [-0.25, -0.2) is 0 Å². The largest absolute Gasteiger partial charge is 0.422 e. The summed E-state index contributed by atoms with van der Waals surface area (Å²) in [5.74, 6) is 0.0210. The Morgan fingerprint density at radius 1 is 1.30 bits per heavy atom. The number of benzene rings is 1. The average Bonchev–Trinajstić information content (AvgIpc) is 3.01. The summed E-state index contributed by atoms with van der Waals surface area (Å²) in [7, 11) is 0. The fourth-order valence-corrected chi connectivity index (χ4v) is 1.94. The highest BCUT2D eigenvalue weighted by Gasteiger charge is 2.18. The van der Waals surface area contributed by atoms with Crippen molar-refractivity contribution in [2.24, 2.45) is 0 Å². The summed E-state index contributed by atoms with van der Waals surface area (Å²) in [4.78, 5) is 23.3. The number of amides is 2. The lowest BCUT2D eigenvalue weighted by Gasteiger charge is -2.16. The molecule has 0 bridgehead atoms. The minimum absolute atomic E-state index is 0.107. The molecular weight excluding hydrogens is 300 g/mol. The highest BCUT2D eigenvalue weighted by molar-refractivity contribution is 5.96. The lowest BCUT2D eigenvalue weighted by Crippen LogP contribution is -2.42. The summed E-state index contributed by atoms with van der Waals surface area (Å²) < 4.78 is 5.33. The van der Waals surface area contributed by atoms with Crippen molar-refractivity contribution in [1.29, 1.82) is 0 Å². The first kappa shape index (κ1) is 16.4. The second-order valence-electron chi connectivity index (χ2n) is 4.85. The monoisotopic (exact) mass is 318 g/mol. The highest BCUT2D eigenvalue weighted by atomic mass is 16.5.